The molecule has 0 amide bonds. The van der Waals surface area contributed by atoms with Crippen molar-refractivity contribution in [3.63, 3.8) is 0 Å². The standard InChI is InChI=1S/C25H26N7/c1-2-10-20(24(18-27-31-29-24)21-11-5-3-6-12-21)15-9-16-23(17-26)25(19-28-32-30-25)22-13-7-4-8-14-22/h3-8,11-14,18-20,23H,1-2,9-10,15-16H2. The van der Waals surface area contributed by atoms with E-state index in [0.29, 0.717) is 6.42 Å². The Bertz CT molecular complexity index is 1030. The first-order valence-electron chi connectivity index (χ1n) is 11.0. The second-order valence-corrected chi connectivity index (χ2v) is 8.20. The Balaban J connectivity index is 1.53. The van der Waals surface area contributed by atoms with Crippen LogP contribution in [0.1, 0.15) is 43.2 Å². The molecule has 0 saturated heterocycles. The fourth-order valence-electron chi connectivity index (χ4n) is 4.72. The minimum Gasteiger partial charge on any atom is -0.198 e. The zero-order valence-electron chi connectivity index (χ0n) is 18.0. The van der Waals surface area contributed by atoms with Crippen LogP contribution in [0.15, 0.2) is 91.5 Å². The van der Waals surface area contributed by atoms with Gasteiger partial charge in [0.15, 0.2) is 5.54 Å². The minimum atomic E-state index is -0.830. The van der Waals surface area contributed by atoms with Crippen LogP contribution < -0.4 is 0 Å². The third-order valence-electron chi connectivity index (χ3n) is 6.41. The van der Waals surface area contributed by atoms with Crippen molar-refractivity contribution in [2.24, 2.45) is 42.7 Å². The average Bonchev–Trinajstić information content (AvgIpc) is 3.54. The van der Waals surface area contributed by atoms with Crippen LogP contribution in [0.4, 0.5) is 0 Å². The largest absolute Gasteiger partial charge is 0.198 e. The molecule has 0 aromatic heterocycles. The quantitative estimate of drug-likeness (QED) is 0.444. The van der Waals surface area contributed by atoms with Crippen LogP contribution in [0.25, 0.3) is 0 Å². The van der Waals surface area contributed by atoms with Gasteiger partial charge in [0, 0.05) is 0 Å². The second-order valence-electron chi connectivity index (χ2n) is 8.20. The molecule has 1 radical (unpaired) electrons. The van der Waals surface area contributed by atoms with Crippen LogP contribution in [-0.2, 0) is 11.1 Å². The third kappa shape index (κ3) is 4.01. The Morgan fingerprint density at radius 1 is 0.781 bits per heavy atom. The number of hydrogen-bond donors (Lipinski definition) is 0. The fourth-order valence-corrected chi connectivity index (χ4v) is 4.72. The van der Waals surface area contributed by atoms with E-state index in [1.807, 2.05) is 54.7 Å². The van der Waals surface area contributed by atoms with Crippen LogP contribution in [0.2, 0.25) is 0 Å². The Kier molecular flexibility index (Phi) is 6.60. The molecule has 2 aliphatic rings. The number of hydrogen-bond acceptors (Lipinski definition) is 7. The minimum absolute atomic E-state index is 0.184. The first kappa shape index (κ1) is 21.7. The predicted octanol–water partition coefficient (Wildman–Crippen LogP) is 6.22. The summed E-state index contributed by atoms with van der Waals surface area (Å²) in [5, 5.41) is 34.9. The Labute approximate surface area is 188 Å². The molecule has 4 rings (SSSR count). The highest BCUT2D eigenvalue weighted by atomic mass is 15.4. The van der Waals surface area contributed by atoms with Gasteiger partial charge in [0.1, 0.15) is 5.54 Å². The average molecular weight is 425 g/mol. The molecule has 0 aliphatic carbocycles. The molecule has 0 N–H and O–H groups in total. The lowest BCUT2D eigenvalue weighted by Crippen LogP contribution is -2.35. The van der Waals surface area contributed by atoms with Gasteiger partial charge in [-0.1, -0.05) is 80.4 Å². The van der Waals surface area contributed by atoms with Crippen LogP contribution in [0, 0.1) is 30.1 Å². The van der Waals surface area contributed by atoms with Crippen molar-refractivity contribution in [2.75, 3.05) is 0 Å². The highest BCUT2D eigenvalue weighted by molar-refractivity contribution is 5.76. The van der Waals surface area contributed by atoms with E-state index >= 15 is 0 Å². The summed E-state index contributed by atoms with van der Waals surface area (Å²) in [7, 11) is 0. The van der Waals surface area contributed by atoms with E-state index in [4.69, 9.17) is 0 Å². The summed E-state index contributed by atoms with van der Waals surface area (Å²) >= 11 is 0. The molecule has 0 saturated carbocycles. The highest BCUT2D eigenvalue weighted by Crippen LogP contribution is 2.43. The molecule has 0 spiro atoms. The molecule has 7 nitrogen and oxygen atoms in total. The molecule has 7 heteroatoms. The van der Waals surface area contributed by atoms with Gasteiger partial charge in [-0.25, -0.2) is 0 Å². The first-order chi connectivity index (χ1) is 15.7. The van der Waals surface area contributed by atoms with Gasteiger partial charge in [0.2, 0.25) is 0 Å². The van der Waals surface area contributed by atoms with Crippen molar-refractivity contribution in [1.29, 1.82) is 5.26 Å². The molecule has 4 unspecified atom stereocenters. The van der Waals surface area contributed by atoms with E-state index < -0.39 is 11.1 Å². The summed E-state index contributed by atoms with van der Waals surface area (Å²) in [6.45, 7) is 4.08. The third-order valence-corrected chi connectivity index (χ3v) is 6.41. The summed E-state index contributed by atoms with van der Waals surface area (Å²) in [6.07, 6.45) is 7.61. The highest BCUT2D eigenvalue weighted by Gasteiger charge is 2.44. The lowest BCUT2D eigenvalue weighted by molar-refractivity contribution is 0.300. The number of rotatable bonds is 10. The molecule has 32 heavy (non-hydrogen) atoms. The van der Waals surface area contributed by atoms with E-state index in [0.717, 1.165) is 36.8 Å². The SMILES string of the molecule is [CH2]CCC(CCCC(C#N)C1(c2ccccc2)C=NN=N1)C1(c2ccccc2)C=NN=N1. The summed E-state index contributed by atoms with van der Waals surface area (Å²) in [4.78, 5) is 0. The van der Waals surface area contributed by atoms with Gasteiger partial charge in [-0.3, -0.25) is 0 Å². The first-order valence-corrected chi connectivity index (χ1v) is 11.0. The molecular formula is C25H26N7. The van der Waals surface area contributed by atoms with Gasteiger partial charge >= 0.3 is 0 Å². The Morgan fingerprint density at radius 2 is 1.34 bits per heavy atom. The number of nitriles is 1. The smallest absolute Gasteiger partial charge is 0.161 e. The molecule has 161 valence electrons. The van der Waals surface area contributed by atoms with Gasteiger partial charge < -0.3 is 0 Å². The lowest BCUT2D eigenvalue weighted by Gasteiger charge is -2.32. The molecule has 0 bridgehead atoms. The summed E-state index contributed by atoms with van der Waals surface area (Å²) in [5.74, 6) is -0.185. The summed E-state index contributed by atoms with van der Waals surface area (Å²) in [6, 6.07) is 22.5. The molecule has 2 aromatic rings. The van der Waals surface area contributed by atoms with Crippen LogP contribution >= 0.6 is 0 Å². The number of benzene rings is 2. The van der Waals surface area contributed by atoms with Crippen LogP contribution in [0.3, 0.4) is 0 Å². The lowest BCUT2D eigenvalue weighted by atomic mass is 9.73. The van der Waals surface area contributed by atoms with Gasteiger partial charge in [-0.15, -0.1) is 15.3 Å². The topological polar surface area (TPSA) is 97.9 Å². The summed E-state index contributed by atoms with van der Waals surface area (Å²) < 4.78 is 0. The molecule has 2 heterocycles. The maximum atomic E-state index is 10.0. The van der Waals surface area contributed by atoms with Crippen LogP contribution in [0.5, 0.6) is 0 Å². The zero-order valence-corrected chi connectivity index (χ0v) is 18.0. The van der Waals surface area contributed by atoms with Gasteiger partial charge in [0.25, 0.3) is 0 Å². The monoisotopic (exact) mass is 424 g/mol. The van der Waals surface area contributed by atoms with E-state index in [9.17, 15) is 5.26 Å². The molecule has 2 aliphatic heterocycles. The van der Waals surface area contributed by atoms with E-state index in [1.165, 1.54) is 0 Å². The fraction of sp³-hybridized carbons (Fsp3) is 0.360. The molecular weight excluding hydrogens is 398 g/mol. The maximum Gasteiger partial charge on any atom is 0.161 e. The van der Waals surface area contributed by atoms with Crippen molar-refractivity contribution in [1.82, 2.24) is 0 Å². The van der Waals surface area contributed by atoms with E-state index in [1.54, 1.807) is 6.21 Å². The molecule has 0 fully saturated rings. The molecule has 2 aromatic carbocycles. The zero-order chi connectivity index (χ0) is 22.3. The van der Waals surface area contributed by atoms with Gasteiger partial charge in [-0.05, 0) is 46.8 Å². The van der Waals surface area contributed by atoms with Crippen molar-refractivity contribution >= 4 is 12.4 Å². The van der Waals surface area contributed by atoms with Crippen molar-refractivity contribution in [2.45, 2.75) is 43.2 Å². The van der Waals surface area contributed by atoms with Crippen molar-refractivity contribution in [3.05, 3.63) is 78.7 Å². The van der Waals surface area contributed by atoms with Crippen LogP contribution in [-0.4, -0.2) is 12.4 Å². The van der Waals surface area contributed by atoms with E-state index in [-0.39, 0.29) is 11.8 Å². The predicted molar refractivity (Wildman–Crippen MR) is 124 cm³/mol. The maximum absolute atomic E-state index is 10.0. The van der Waals surface area contributed by atoms with Gasteiger partial charge in [0.05, 0.1) is 24.4 Å². The van der Waals surface area contributed by atoms with Crippen molar-refractivity contribution < 1.29 is 0 Å². The second kappa shape index (κ2) is 9.73. The van der Waals surface area contributed by atoms with Crippen molar-refractivity contribution in [3.8, 4) is 6.07 Å². The summed E-state index contributed by atoms with van der Waals surface area (Å²) in [5.41, 5.74) is 0.608. The Morgan fingerprint density at radius 3 is 1.84 bits per heavy atom. The number of nitrogens with zero attached hydrogens (tertiary/aromatic N) is 7. The Hall–Kier alpha value is -3.53. The normalized spacial score (nSPS) is 25.1. The van der Waals surface area contributed by atoms with Gasteiger partial charge in [-0.2, -0.15) is 10.4 Å². The van der Waals surface area contributed by atoms with E-state index in [2.05, 4.69) is 56.0 Å². The molecule has 4 atom stereocenters.